The molecule has 2 nitrogen and oxygen atoms in total. The van der Waals surface area contributed by atoms with Crippen molar-refractivity contribution in [1.29, 1.82) is 0 Å². The molecule has 0 spiro atoms. The second-order valence-corrected chi connectivity index (χ2v) is 4.82. The molecule has 13 heavy (non-hydrogen) atoms. The Labute approximate surface area is 82.5 Å². The molecule has 1 fully saturated rings. The molecular formula is C11H24N2. The fraction of sp³-hybridized carbons (Fsp3) is 1.00. The maximum atomic E-state index is 5.90. The van der Waals surface area contributed by atoms with Crippen LogP contribution in [0.4, 0.5) is 0 Å². The van der Waals surface area contributed by atoms with Crippen LogP contribution in [0, 0.1) is 5.92 Å². The highest BCUT2D eigenvalue weighted by Crippen LogP contribution is 2.42. The van der Waals surface area contributed by atoms with Crippen LogP contribution in [0.25, 0.3) is 0 Å². The third-order valence-electron chi connectivity index (χ3n) is 3.41. The lowest BCUT2D eigenvalue weighted by atomic mass is 9.67. The van der Waals surface area contributed by atoms with E-state index in [2.05, 4.69) is 32.6 Å². The van der Waals surface area contributed by atoms with Crippen LogP contribution in [0.5, 0.6) is 0 Å². The molecule has 0 aromatic heterocycles. The van der Waals surface area contributed by atoms with Crippen molar-refractivity contribution in [1.82, 2.24) is 4.90 Å². The molecule has 0 aromatic rings. The molecule has 0 unspecified atom stereocenters. The molecule has 2 N–H and O–H groups in total. The van der Waals surface area contributed by atoms with Crippen molar-refractivity contribution in [3.8, 4) is 0 Å². The standard InChI is InChI=1S/C11H24N2/c1-5-13(9(2)3)11(8-12)6-10(4)7-11/h9-10H,5-8,12H2,1-4H3. The van der Waals surface area contributed by atoms with E-state index >= 15 is 0 Å². The van der Waals surface area contributed by atoms with Gasteiger partial charge in [-0.3, -0.25) is 4.90 Å². The summed E-state index contributed by atoms with van der Waals surface area (Å²) in [7, 11) is 0. The third kappa shape index (κ3) is 1.89. The predicted octanol–water partition coefficient (Wildman–Crippen LogP) is 1.84. The Morgan fingerprint density at radius 3 is 2.23 bits per heavy atom. The van der Waals surface area contributed by atoms with Crippen LogP contribution in [0.3, 0.4) is 0 Å². The van der Waals surface area contributed by atoms with Gasteiger partial charge in [0.15, 0.2) is 0 Å². The molecule has 1 aliphatic carbocycles. The molecule has 2 heteroatoms. The second-order valence-electron chi connectivity index (χ2n) is 4.82. The van der Waals surface area contributed by atoms with Crippen LogP contribution in [0.1, 0.15) is 40.5 Å². The van der Waals surface area contributed by atoms with Crippen molar-refractivity contribution in [2.45, 2.75) is 52.1 Å². The lowest BCUT2D eigenvalue weighted by Crippen LogP contribution is -2.63. The Hall–Kier alpha value is -0.0800. The van der Waals surface area contributed by atoms with Crippen LogP contribution in [-0.4, -0.2) is 29.6 Å². The summed E-state index contributed by atoms with van der Waals surface area (Å²) in [4.78, 5) is 2.56. The first-order valence-electron chi connectivity index (χ1n) is 5.52. The minimum atomic E-state index is 0.336. The molecule has 1 saturated carbocycles. The minimum Gasteiger partial charge on any atom is -0.329 e. The lowest BCUT2D eigenvalue weighted by Gasteiger charge is -2.54. The third-order valence-corrected chi connectivity index (χ3v) is 3.41. The van der Waals surface area contributed by atoms with E-state index in [0.717, 1.165) is 19.0 Å². The second kappa shape index (κ2) is 3.97. The molecule has 0 aromatic carbocycles. The Balaban J connectivity index is 2.64. The van der Waals surface area contributed by atoms with Gasteiger partial charge in [0.2, 0.25) is 0 Å². The fourth-order valence-corrected chi connectivity index (χ4v) is 3.00. The molecular weight excluding hydrogens is 160 g/mol. The molecule has 1 rings (SSSR count). The van der Waals surface area contributed by atoms with Crippen molar-refractivity contribution >= 4 is 0 Å². The summed E-state index contributed by atoms with van der Waals surface area (Å²) >= 11 is 0. The van der Waals surface area contributed by atoms with Gasteiger partial charge in [-0.15, -0.1) is 0 Å². The van der Waals surface area contributed by atoms with E-state index in [0.29, 0.717) is 11.6 Å². The monoisotopic (exact) mass is 184 g/mol. The first kappa shape index (κ1) is 11.0. The minimum absolute atomic E-state index is 0.336. The largest absolute Gasteiger partial charge is 0.329 e. The van der Waals surface area contributed by atoms with Crippen LogP contribution < -0.4 is 5.73 Å². The van der Waals surface area contributed by atoms with E-state index in [9.17, 15) is 0 Å². The van der Waals surface area contributed by atoms with Crippen LogP contribution in [0.2, 0.25) is 0 Å². The summed E-state index contributed by atoms with van der Waals surface area (Å²) in [5.74, 6) is 0.872. The highest BCUT2D eigenvalue weighted by atomic mass is 15.2. The van der Waals surface area contributed by atoms with Gasteiger partial charge >= 0.3 is 0 Å². The maximum Gasteiger partial charge on any atom is 0.0339 e. The molecule has 0 bridgehead atoms. The number of hydrogen-bond donors (Lipinski definition) is 1. The van der Waals surface area contributed by atoms with Gasteiger partial charge in [-0.2, -0.15) is 0 Å². The van der Waals surface area contributed by atoms with Gasteiger partial charge in [0.05, 0.1) is 0 Å². The Morgan fingerprint density at radius 1 is 1.46 bits per heavy atom. The Morgan fingerprint density at radius 2 is 2.00 bits per heavy atom. The van der Waals surface area contributed by atoms with Gasteiger partial charge < -0.3 is 5.73 Å². The molecule has 0 saturated heterocycles. The zero-order chi connectivity index (χ0) is 10.1. The summed E-state index contributed by atoms with van der Waals surface area (Å²) in [5, 5.41) is 0. The number of likely N-dealkylation sites (N-methyl/N-ethyl adjacent to an activating group) is 1. The average Bonchev–Trinajstić information content (AvgIpc) is 2.01. The summed E-state index contributed by atoms with van der Waals surface area (Å²) in [6, 6.07) is 0.626. The quantitative estimate of drug-likeness (QED) is 0.722. The summed E-state index contributed by atoms with van der Waals surface area (Å²) < 4.78 is 0. The van der Waals surface area contributed by atoms with Crippen molar-refractivity contribution < 1.29 is 0 Å². The van der Waals surface area contributed by atoms with Crippen LogP contribution >= 0.6 is 0 Å². The van der Waals surface area contributed by atoms with Gasteiger partial charge in [-0.05, 0) is 39.2 Å². The summed E-state index contributed by atoms with van der Waals surface area (Å²) in [6.45, 7) is 11.0. The van der Waals surface area contributed by atoms with Gasteiger partial charge in [-0.25, -0.2) is 0 Å². The molecule has 0 aliphatic heterocycles. The smallest absolute Gasteiger partial charge is 0.0339 e. The first-order valence-corrected chi connectivity index (χ1v) is 5.52. The van der Waals surface area contributed by atoms with Crippen molar-refractivity contribution in [3.05, 3.63) is 0 Å². The average molecular weight is 184 g/mol. The molecule has 0 amide bonds. The SMILES string of the molecule is CCN(C(C)C)C1(CN)CC(C)C1. The van der Waals surface area contributed by atoms with Crippen molar-refractivity contribution in [2.24, 2.45) is 11.7 Å². The molecule has 0 atom stereocenters. The number of nitrogens with zero attached hydrogens (tertiary/aromatic N) is 1. The summed E-state index contributed by atoms with van der Waals surface area (Å²) in [6.07, 6.45) is 2.57. The van der Waals surface area contributed by atoms with Crippen molar-refractivity contribution in [3.63, 3.8) is 0 Å². The van der Waals surface area contributed by atoms with Gasteiger partial charge in [0.1, 0.15) is 0 Å². The molecule has 0 radical (unpaired) electrons. The topological polar surface area (TPSA) is 29.3 Å². The molecule has 78 valence electrons. The number of rotatable bonds is 4. The zero-order valence-electron chi connectivity index (χ0n) is 9.51. The van der Waals surface area contributed by atoms with E-state index < -0.39 is 0 Å². The zero-order valence-corrected chi connectivity index (χ0v) is 9.51. The van der Waals surface area contributed by atoms with Gasteiger partial charge in [0.25, 0.3) is 0 Å². The normalized spacial score (nSPS) is 33.9. The van der Waals surface area contributed by atoms with Crippen LogP contribution in [0.15, 0.2) is 0 Å². The van der Waals surface area contributed by atoms with Crippen molar-refractivity contribution in [2.75, 3.05) is 13.1 Å². The Kier molecular flexibility index (Phi) is 3.36. The van der Waals surface area contributed by atoms with E-state index in [1.807, 2.05) is 0 Å². The predicted molar refractivity (Wildman–Crippen MR) is 57.7 cm³/mol. The van der Waals surface area contributed by atoms with E-state index in [-0.39, 0.29) is 0 Å². The molecule has 1 aliphatic rings. The van der Waals surface area contributed by atoms with E-state index in [4.69, 9.17) is 5.73 Å². The van der Waals surface area contributed by atoms with Gasteiger partial charge in [-0.1, -0.05) is 13.8 Å². The maximum absolute atomic E-state index is 5.90. The highest BCUT2D eigenvalue weighted by Gasteiger charge is 2.45. The Bertz CT molecular complexity index is 159. The van der Waals surface area contributed by atoms with E-state index in [1.165, 1.54) is 12.8 Å². The number of hydrogen-bond acceptors (Lipinski definition) is 2. The summed E-state index contributed by atoms with van der Waals surface area (Å²) in [5.41, 5.74) is 6.24. The lowest BCUT2D eigenvalue weighted by molar-refractivity contribution is -0.0290. The first-order chi connectivity index (χ1) is 6.05. The number of nitrogens with two attached hydrogens (primary N) is 1. The van der Waals surface area contributed by atoms with Gasteiger partial charge in [0, 0.05) is 18.1 Å². The van der Waals surface area contributed by atoms with Crippen LogP contribution in [-0.2, 0) is 0 Å². The van der Waals surface area contributed by atoms with E-state index in [1.54, 1.807) is 0 Å². The fourth-order valence-electron chi connectivity index (χ4n) is 3.00. The molecule has 0 heterocycles. The highest BCUT2D eigenvalue weighted by molar-refractivity contribution is 5.02.